The molecule has 1 aliphatic carbocycles. The van der Waals surface area contributed by atoms with Gasteiger partial charge in [-0.15, -0.1) is 5.10 Å². The molecule has 2 heterocycles. The van der Waals surface area contributed by atoms with Crippen LogP contribution in [0.2, 0.25) is 0 Å². The van der Waals surface area contributed by atoms with Gasteiger partial charge in [-0.2, -0.15) is 0 Å². The van der Waals surface area contributed by atoms with Gasteiger partial charge < -0.3 is 9.88 Å². The predicted octanol–water partition coefficient (Wildman–Crippen LogP) is 0.795. The van der Waals surface area contributed by atoms with E-state index in [1.807, 2.05) is 23.3 Å². The third kappa shape index (κ3) is 2.59. The summed E-state index contributed by atoms with van der Waals surface area (Å²) in [4.78, 5) is 4.33. The summed E-state index contributed by atoms with van der Waals surface area (Å²) in [7, 11) is 0. The molecular weight excluding hydrogens is 228 g/mol. The maximum atomic E-state index is 4.33. The first-order valence-electron chi connectivity index (χ1n) is 6.47. The molecule has 1 fully saturated rings. The van der Waals surface area contributed by atoms with Gasteiger partial charge in [-0.25, -0.2) is 9.67 Å². The van der Waals surface area contributed by atoms with E-state index in [1.54, 1.807) is 0 Å². The second kappa shape index (κ2) is 4.89. The van der Waals surface area contributed by atoms with E-state index in [4.69, 9.17) is 0 Å². The van der Waals surface area contributed by atoms with Crippen molar-refractivity contribution in [2.45, 2.75) is 45.4 Å². The maximum Gasteiger partial charge on any atom is 0.130 e. The molecule has 1 saturated carbocycles. The second-order valence-electron chi connectivity index (χ2n) is 4.69. The average molecular weight is 246 g/mol. The van der Waals surface area contributed by atoms with Crippen molar-refractivity contribution in [1.29, 1.82) is 0 Å². The molecule has 1 N–H and O–H groups in total. The molecule has 0 aromatic carbocycles. The number of nitrogens with zero attached hydrogens (tertiary/aromatic N) is 5. The molecule has 6 nitrogen and oxygen atoms in total. The van der Waals surface area contributed by atoms with E-state index in [0.29, 0.717) is 12.6 Å². The van der Waals surface area contributed by atoms with E-state index in [9.17, 15) is 0 Å². The Morgan fingerprint density at radius 2 is 2.33 bits per heavy atom. The van der Waals surface area contributed by atoms with Crippen LogP contribution in [0.15, 0.2) is 18.6 Å². The van der Waals surface area contributed by atoms with E-state index in [0.717, 1.165) is 24.6 Å². The van der Waals surface area contributed by atoms with Gasteiger partial charge in [-0.1, -0.05) is 5.21 Å². The molecule has 0 aliphatic heterocycles. The summed E-state index contributed by atoms with van der Waals surface area (Å²) in [5.41, 5.74) is 0.997. The molecule has 0 spiro atoms. The van der Waals surface area contributed by atoms with Crippen LogP contribution in [-0.4, -0.2) is 30.6 Å². The van der Waals surface area contributed by atoms with Crippen molar-refractivity contribution in [3.8, 4) is 0 Å². The topological polar surface area (TPSA) is 60.6 Å². The van der Waals surface area contributed by atoms with Crippen LogP contribution in [-0.2, 0) is 19.6 Å². The minimum Gasteiger partial charge on any atom is -0.334 e. The Labute approximate surface area is 106 Å². The molecule has 0 bridgehead atoms. The van der Waals surface area contributed by atoms with Crippen molar-refractivity contribution in [1.82, 2.24) is 29.9 Å². The monoisotopic (exact) mass is 246 g/mol. The number of nitrogens with one attached hydrogen (secondary N) is 1. The number of aromatic nitrogens is 5. The fraction of sp³-hybridized carbons (Fsp3) is 0.583. The number of aryl methyl sites for hydroxylation is 1. The van der Waals surface area contributed by atoms with Crippen molar-refractivity contribution >= 4 is 0 Å². The predicted molar refractivity (Wildman–Crippen MR) is 66.9 cm³/mol. The number of imidazole rings is 1. The van der Waals surface area contributed by atoms with Gasteiger partial charge in [0.05, 0.1) is 11.9 Å². The van der Waals surface area contributed by atoms with Crippen LogP contribution in [0.25, 0.3) is 0 Å². The lowest BCUT2D eigenvalue weighted by Gasteiger charge is -2.03. The maximum absolute atomic E-state index is 4.33. The first-order valence-corrected chi connectivity index (χ1v) is 6.47. The quantitative estimate of drug-likeness (QED) is 0.819. The molecule has 3 rings (SSSR count). The Kier molecular flexibility index (Phi) is 3.10. The Balaban J connectivity index is 1.61. The van der Waals surface area contributed by atoms with Crippen LogP contribution in [0.1, 0.15) is 31.3 Å². The molecule has 2 aromatic rings. The zero-order valence-corrected chi connectivity index (χ0v) is 10.6. The summed E-state index contributed by atoms with van der Waals surface area (Å²) in [5.74, 6) is 1.02. The summed E-state index contributed by atoms with van der Waals surface area (Å²) < 4.78 is 3.96. The van der Waals surface area contributed by atoms with E-state index >= 15 is 0 Å². The van der Waals surface area contributed by atoms with Gasteiger partial charge in [0.1, 0.15) is 12.4 Å². The molecule has 6 heteroatoms. The fourth-order valence-corrected chi connectivity index (χ4v) is 1.96. The van der Waals surface area contributed by atoms with E-state index < -0.39 is 0 Å². The minimum atomic E-state index is 0.678. The van der Waals surface area contributed by atoms with Crippen LogP contribution in [0, 0.1) is 0 Å². The van der Waals surface area contributed by atoms with Crippen LogP contribution in [0.3, 0.4) is 0 Å². The smallest absolute Gasteiger partial charge is 0.130 e. The molecular formula is C12H18N6. The van der Waals surface area contributed by atoms with Gasteiger partial charge >= 0.3 is 0 Å². The zero-order valence-electron chi connectivity index (χ0n) is 10.6. The Morgan fingerprint density at radius 3 is 3.11 bits per heavy atom. The van der Waals surface area contributed by atoms with Crippen molar-refractivity contribution < 1.29 is 0 Å². The van der Waals surface area contributed by atoms with Gasteiger partial charge in [0.2, 0.25) is 0 Å². The second-order valence-corrected chi connectivity index (χ2v) is 4.69. The van der Waals surface area contributed by atoms with E-state index in [2.05, 4.69) is 32.1 Å². The largest absolute Gasteiger partial charge is 0.334 e. The third-order valence-electron chi connectivity index (χ3n) is 3.18. The van der Waals surface area contributed by atoms with E-state index in [1.165, 1.54) is 12.8 Å². The van der Waals surface area contributed by atoms with Crippen LogP contribution in [0.5, 0.6) is 0 Å². The van der Waals surface area contributed by atoms with Crippen molar-refractivity contribution in [2.75, 3.05) is 0 Å². The van der Waals surface area contributed by atoms with Gasteiger partial charge in [-0.05, 0) is 19.8 Å². The molecule has 0 amide bonds. The number of hydrogen-bond acceptors (Lipinski definition) is 4. The molecule has 18 heavy (non-hydrogen) atoms. The Morgan fingerprint density at radius 1 is 1.44 bits per heavy atom. The zero-order chi connectivity index (χ0) is 12.4. The molecule has 0 atom stereocenters. The number of hydrogen-bond donors (Lipinski definition) is 1. The highest BCUT2D eigenvalue weighted by Crippen LogP contribution is 2.18. The summed E-state index contributed by atoms with van der Waals surface area (Å²) in [6.45, 7) is 4.53. The van der Waals surface area contributed by atoms with Crippen LogP contribution >= 0.6 is 0 Å². The Bertz CT molecular complexity index is 510. The van der Waals surface area contributed by atoms with Crippen molar-refractivity contribution in [3.05, 3.63) is 30.1 Å². The normalized spacial score (nSPS) is 15.2. The number of rotatable bonds is 6. The van der Waals surface area contributed by atoms with Gasteiger partial charge in [0.15, 0.2) is 0 Å². The lowest BCUT2D eigenvalue weighted by molar-refractivity contribution is 0.588. The first-order chi connectivity index (χ1) is 8.85. The standard InChI is InChI=1S/C12H18N6/c1-2-17-6-5-13-12(17)9-18-8-11(15-16-18)7-14-10-3-4-10/h5-6,8,10,14H,2-4,7,9H2,1H3. The molecule has 0 saturated heterocycles. The lowest BCUT2D eigenvalue weighted by Crippen LogP contribution is -2.15. The molecule has 2 aromatic heterocycles. The molecule has 96 valence electrons. The third-order valence-corrected chi connectivity index (χ3v) is 3.18. The highest BCUT2D eigenvalue weighted by Gasteiger charge is 2.20. The first kappa shape index (κ1) is 11.4. The molecule has 0 unspecified atom stereocenters. The summed E-state index contributed by atoms with van der Waals surface area (Å²) in [5, 5.41) is 11.7. The highest BCUT2D eigenvalue weighted by atomic mass is 15.4. The summed E-state index contributed by atoms with van der Waals surface area (Å²) in [6, 6.07) is 0.703. The fourth-order valence-electron chi connectivity index (χ4n) is 1.96. The molecule has 0 radical (unpaired) electrons. The van der Waals surface area contributed by atoms with Crippen molar-refractivity contribution in [3.63, 3.8) is 0 Å². The Hall–Kier alpha value is -1.69. The average Bonchev–Trinajstić information content (AvgIpc) is 2.93. The minimum absolute atomic E-state index is 0.678. The molecule has 1 aliphatic rings. The lowest BCUT2D eigenvalue weighted by atomic mass is 10.4. The van der Waals surface area contributed by atoms with Gasteiger partial charge in [0, 0.05) is 31.5 Å². The van der Waals surface area contributed by atoms with Crippen molar-refractivity contribution in [2.24, 2.45) is 0 Å². The summed E-state index contributed by atoms with van der Waals surface area (Å²) in [6.07, 6.45) is 8.39. The van der Waals surface area contributed by atoms with E-state index in [-0.39, 0.29) is 0 Å². The highest BCUT2D eigenvalue weighted by molar-refractivity contribution is 4.97. The SMILES string of the molecule is CCn1ccnc1Cn1cc(CNC2CC2)nn1. The summed E-state index contributed by atoms with van der Waals surface area (Å²) >= 11 is 0. The van der Waals surface area contributed by atoms with Gasteiger partial charge in [0.25, 0.3) is 0 Å². The van der Waals surface area contributed by atoms with Crippen LogP contribution in [0.4, 0.5) is 0 Å². The van der Waals surface area contributed by atoms with Crippen LogP contribution < -0.4 is 5.32 Å². The van der Waals surface area contributed by atoms with Gasteiger partial charge in [-0.3, -0.25) is 0 Å².